The Morgan fingerprint density at radius 1 is 1.00 bits per heavy atom. The summed E-state index contributed by atoms with van der Waals surface area (Å²) in [5.41, 5.74) is -4.94. The van der Waals surface area contributed by atoms with Crippen molar-refractivity contribution in [3.8, 4) is 0 Å². The minimum absolute atomic E-state index is 0.0713. The van der Waals surface area contributed by atoms with E-state index in [9.17, 15) is 27.7 Å². The Morgan fingerprint density at radius 2 is 1.68 bits per heavy atom. The third-order valence-corrected chi connectivity index (χ3v) is 11.3. The van der Waals surface area contributed by atoms with Crippen molar-refractivity contribution in [2.24, 2.45) is 5.41 Å². The van der Waals surface area contributed by atoms with Crippen LogP contribution in [0.3, 0.4) is 0 Å². The van der Waals surface area contributed by atoms with Crippen LogP contribution < -0.4 is 5.32 Å². The second-order valence-electron chi connectivity index (χ2n) is 13.7. The molecule has 1 saturated carbocycles. The van der Waals surface area contributed by atoms with Crippen LogP contribution in [0.2, 0.25) is 0 Å². The molecule has 1 aromatic heterocycles. The average Bonchev–Trinajstić information content (AvgIpc) is 3.69. The molecule has 3 N–H and O–H groups in total. The van der Waals surface area contributed by atoms with Crippen LogP contribution in [0.15, 0.2) is 54.6 Å². The van der Waals surface area contributed by atoms with E-state index in [1.807, 2.05) is 56.0 Å². The van der Waals surface area contributed by atoms with Crippen molar-refractivity contribution in [2.75, 3.05) is 6.54 Å². The van der Waals surface area contributed by atoms with Crippen LogP contribution in [0.4, 0.5) is 8.78 Å². The molecule has 2 aromatic carbocycles. The molecular weight excluding hydrogens is 647 g/mol. The highest BCUT2D eigenvalue weighted by Crippen LogP contribution is 2.59. The highest BCUT2D eigenvalue weighted by Gasteiger charge is 2.50. The first-order chi connectivity index (χ1) is 22.1. The summed E-state index contributed by atoms with van der Waals surface area (Å²) in [4.78, 5) is 64.1. The first-order valence-corrected chi connectivity index (χ1v) is 18.4. The van der Waals surface area contributed by atoms with Crippen molar-refractivity contribution in [3.05, 3.63) is 70.6 Å². The van der Waals surface area contributed by atoms with Gasteiger partial charge in [-0.3, -0.25) is 18.9 Å². The maximum absolute atomic E-state index is 14.3. The van der Waals surface area contributed by atoms with Gasteiger partial charge >= 0.3 is 13.3 Å². The monoisotopic (exact) mass is 689 g/mol. The number of fused-ring (bicyclic) bond motifs is 1. The number of nitrogens with one attached hydrogen (secondary N) is 1. The summed E-state index contributed by atoms with van der Waals surface area (Å²) in [6.45, 7) is 6.34. The molecular formula is C34H42F2N3O6PS. The number of carbonyl (C=O) groups is 3. The fourth-order valence-corrected chi connectivity index (χ4v) is 7.99. The lowest BCUT2D eigenvalue weighted by atomic mass is 9.85. The molecule has 1 saturated heterocycles. The fourth-order valence-electron chi connectivity index (χ4n) is 6.57. The minimum atomic E-state index is -5.76. The second kappa shape index (κ2) is 13.7. The molecule has 9 nitrogen and oxygen atoms in total. The van der Waals surface area contributed by atoms with Gasteiger partial charge in [-0.05, 0) is 60.2 Å². The largest absolute Gasteiger partial charge is 0.399 e. The van der Waals surface area contributed by atoms with Crippen LogP contribution >= 0.6 is 18.9 Å². The van der Waals surface area contributed by atoms with E-state index in [1.165, 1.54) is 12.1 Å². The second-order valence-corrected chi connectivity index (χ2v) is 16.4. The topological polar surface area (TPSA) is 127 Å². The van der Waals surface area contributed by atoms with E-state index in [0.29, 0.717) is 30.6 Å². The Hall–Kier alpha value is -3.18. The van der Waals surface area contributed by atoms with Gasteiger partial charge in [-0.1, -0.05) is 76.4 Å². The van der Waals surface area contributed by atoms with Crippen molar-refractivity contribution in [1.29, 1.82) is 0 Å². The molecule has 1 unspecified atom stereocenters. The summed E-state index contributed by atoms with van der Waals surface area (Å²) < 4.78 is 40.5. The molecule has 47 heavy (non-hydrogen) atoms. The first kappa shape index (κ1) is 35.1. The number of nitrogens with zero attached hydrogens (tertiary/aromatic N) is 2. The van der Waals surface area contributed by atoms with Gasteiger partial charge in [0.15, 0.2) is 0 Å². The van der Waals surface area contributed by atoms with Gasteiger partial charge in [0.2, 0.25) is 11.8 Å². The van der Waals surface area contributed by atoms with Crippen LogP contribution in [-0.4, -0.2) is 62.0 Å². The quantitative estimate of drug-likeness (QED) is 0.217. The van der Waals surface area contributed by atoms with Crippen LogP contribution in [-0.2, 0) is 26.4 Å². The molecule has 1 aliphatic carbocycles. The molecule has 0 radical (unpaired) electrons. The van der Waals surface area contributed by atoms with Gasteiger partial charge in [0, 0.05) is 29.4 Å². The predicted octanol–water partition coefficient (Wildman–Crippen LogP) is 6.63. The van der Waals surface area contributed by atoms with E-state index in [-0.39, 0.29) is 28.1 Å². The number of hydrogen-bond donors (Lipinski definition) is 3. The summed E-state index contributed by atoms with van der Waals surface area (Å²) >= 11 is 1.02. The van der Waals surface area contributed by atoms with Crippen molar-refractivity contribution in [1.82, 2.24) is 15.1 Å². The number of benzene rings is 2. The van der Waals surface area contributed by atoms with Gasteiger partial charge in [0.25, 0.3) is 5.91 Å². The number of thiophene rings is 1. The molecule has 2 fully saturated rings. The van der Waals surface area contributed by atoms with Gasteiger partial charge in [-0.15, -0.1) is 11.3 Å². The zero-order valence-corrected chi connectivity index (χ0v) is 28.5. The van der Waals surface area contributed by atoms with E-state index < -0.39 is 42.2 Å². The number of alkyl halides is 2. The molecule has 254 valence electrons. The lowest BCUT2D eigenvalue weighted by molar-refractivity contribution is -0.148. The van der Waals surface area contributed by atoms with E-state index >= 15 is 0 Å². The number of hydrogen-bond acceptors (Lipinski definition) is 5. The molecule has 3 aromatic rings. The minimum Gasteiger partial charge on any atom is -0.339 e. The van der Waals surface area contributed by atoms with Crippen molar-refractivity contribution < 1.29 is 37.5 Å². The summed E-state index contributed by atoms with van der Waals surface area (Å²) in [7, 11) is -5.76. The zero-order valence-electron chi connectivity index (χ0n) is 26.8. The van der Waals surface area contributed by atoms with Crippen molar-refractivity contribution >= 4 is 46.7 Å². The van der Waals surface area contributed by atoms with Crippen molar-refractivity contribution in [2.45, 2.75) is 96.1 Å². The lowest BCUT2D eigenvalue weighted by Crippen LogP contribution is -2.58. The number of carbonyl (C=O) groups excluding carboxylic acids is 3. The maximum Gasteiger partial charge on any atom is 0.399 e. The molecule has 0 spiro atoms. The van der Waals surface area contributed by atoms with Gasteiger partial charge in [-0.25, -0.2) is 0 Å². The third-order valence-electron chi connectivity index (χ3n) is 9.16. The molecule has 0 bridgehead atoms. The van der Waals surface area contributed by atoms with E-state index in [1.54, 1.807) is 4.90 Å². The standard InChI is InChI=1S/C34H42F2N3O6PS/c1-33(2,3)29(37-30(40)28-20-23-19-24(16-17-27(23)47-28)34(35,36)46(43,44)45)32(42)38-18-10-15-26(38)31(41)39(25-13-8-5-9-14-25)21-22-11-6-4-7-12-22/h4,6-7,11-12,16-17,19-20,25-26,29H,5,8-10,13-15,18,21H2,1-3H3,(H,37,40)(H2,43,44,45)/t26-,29?/m0/s1. The molecule has 1 aliphatic heterocycles. The first-order valence-electron chi connectivity index (χ1n) is 16.0. The van der Waals surface area contributed by atoms with E-state index in [2.05, 4.69) is 5.32 Å². The Labute approximate surface area is 277 Å². The Bertz CT molecular complexity index is 1660. The van der Waals surface area contributed by atoms with Gasteiger partial charge < -0.3 is 24.9 Å². The van der Waals surface area contributed by atoms with Crippen LogP contribution in [0.1, 0.15) is 86.5 Å². The van der Waals surface area contributed by atoms with Crippen LogP contribution in [0, 0.1) is 5.41 Å². The third kappa shape index (κ3) is 7.61. The molecule has 2 aliphatic rings. The summed E-state index contributed by atoms with van der Waals surface area (Å²) in [6.07, 6.45) is 6.30. The smallest absolute Gasteiger partial charge is 0.339 e. The van der Waals surface area contributed by atoms with Crippen LogP contribution in [0.25, 0.3) is 10.1 Å². The fraction of sp³-hybridized carbons (Fsp3) is 0.500. The van der Waals surface area contributed by atoms with Gasteiger partial charge in [0.1, 0.15) is 12.1 Å². The highest BCUT2D eigenvalue weighted by molar-refractivity contribution is 7.52. The predicted molar refractivity (Wildman–Crippen MR) is 177 cm³/mol. The molecule has 2 heterocycles. The number of halogens is 2. The van der Waals surface area contributed by atoms with Gasteiger partial charge in [-0.2, -0.15) is 8.78 Å². The molecule has 2 atom stereocenters. The number of rotatable bonds is 9. The average molecular weight is 690 g/mol. The number of likely N-dealkylation sites (tertiary alicyclic amines) is 1. The number of amides is 3. The highest BCUT2D eigenvalue weighted by atomic mass is 32.1. The maximum atomic E-state index is 14.3. The van der Waals surface area contributed by atoms with Gasteiger partial charge in [0.05, 0.1) is 4.88 Å². The summed E-state index contributed by atoms with van der Waals surface area (Å²) in [6, 6.07) is 12.9. The van der Waals surface area contributed by atoms with Crippen molar-refractivity contribution in [3.63, 3.8) is 0 Å². The van der Waals surface area contributed by atoms with E-state index in [0.717, 1.165) is 61.1 Å². The lowest BCUT2D eigenvalue weighted by Gasteiger charge is -2.39. The molecule has 3 amide bonds. The molecule has 13 heteroatoms. The summed E-state index contributed by atoms with van der Waals surface area (Å²) in [5.74, 6) is -1.01. The Morgan fingerprint density at radius 3 is 2.32 bits per heavy atom. The Balaban J connectivity index is 1.37. The SMILES string of the molecule is CC(C)(C)C(NC(=O)c1cc2cc(C(F)(F)P(=O)(O)O)ccc2s1)C(=O)N1CCC[C@H]1C(=O)N(Cc1ccccc1)C1CCCCC1. The Kier molecular flexibility index (Phi) is 10.3. The zero-order chi connectivity index (χ0) is 34.1. The van der Waals surface area contributed by atoms with E-state index in [4.69, 9.17) is 9.79 Å². The normalized spacial score (nSPS) is 18.7. The molecule has 5 rings (SSSR count). The summed E-state index contributed by atoms with van der Waals surface area (Å²) in [5, 5.41) is 3.07. The van der Waals surface area contributed by atoms with Crippen LogP contribution in [0.5, 0.6) is 0 Å².